The highest BCUT2D eigenvalue weighted by molar-refractivity contribution is 6.30. The number of halogens is 1. The van der Waals surface area contributed by atoms with E-state index in [2.05, 4.69) is 10.2 Å². The zero-order valence-corrected chi connectivity index (χ0v) is 15.6. The average molecular weight is 387 g/mol. The fourth-order valence-electron chi connectivity index (χ4n) is 3.08. The summed E-state index contributed by atoms with van der Waals surface area (Å²) in [6.45, 7) is 2.59. The van der Waals surface area contributed by atoms with Crippen LogP contribution in [0.3, 0.4) is 0 Å². The zero-order valence-electron chi connectivity index (χ0n) is 14.9. The number of pyridine rings is 1. The minimum Gasteiger partial charge on any atom is -0.493 e. The van der Waals surface area contributed by atoms with Crippen LogP contribution in [0.15, 0.2) is 39.3 Å². The maximum Gasteiger partial charge on any atom is 0.281 e. The van der Waals surface area contributed by atoms with Crippen LogP contribution >= 0.6 is 11.6 Å². The SMILES string of the molecule is CCc1c(C#N)c(O)n(CC2CCCO2)c(=O)c1N=Nc1ccc(Cl)cc1. The van der Waals surface area contributed by atoms with Gasteiger partial charge in [0.1, 0.15) is 11.6 Å². The third-order valence-corrected chi connectivity index (χ3v) is 4.73. The third kappa shape index (κ3) is 4.02. The molecule has 1 saturated heterocycles. The first kappa shape index (κ1) is 19.1. The number of nitriles is 1. The maximum absolute atomic E-state index is 13.0. The molecule has 1 aromatic heterocycles. The summed E-state index contributed by atoms with van der Waals surface area (Å²) in [6, 6.07) is 8.67. The summed E-state index contributed by atoms with van der Waals surface area (Å²) >= 11 is 5.86. The number of azo groups is 1. The number of aromatic hydroxyl groups is 1. The van der Waals surface area contributed by atoms with Crippen LogP contribution < -0.4 is 5.56 Å². The Bertz CT molecular complexity index is 955. The van der Waals surface area contributed by atoms with Gasteiger partial charge in [-0.15, -0.1) is 5.11 Å². The van der Waals surface area contributed by atoms with Crippen molar-refractivity contribution in [2.75, 3.05) is 6.61 Å². The van der Waals surface area contributed by atoms with Crippen LogP contribution in [0.4, 0.5) is 11.4 Å². The molecule has 1 aliphatic rings. The molecule has 7 nitrogen and oxygen atoms in total. The van der Waals surface area contributed by atoms with E-state index >= 15 is 0 Å². The quantitative estimate of drug-likeness (QED) is 0.776. The Morgan fingerprint density at radius 1 is 1.37 bits per heavy atom. The highest BCUT2D eigenvalue weighted by atomic mass is 35.5. The number of rotatable bonds is 5. The summed E-state index contributed by atoms with van der Waals surface area (Å²) < 4.78 is 6.71. The standard InChI is InChI=1S/C19H19ClN4O3/c1-2-15-16(10-21)18(25)24(11-14-4-3-9-27-14)19(26)17(15)23-22-13-7-5-12(20)6-8-13/h5-8,14,25H,2-4,9,11H2,1H3. The zero-order chi connectivity index (χ0) is 19.4. The Kier molecular flexibility index (Phi) is 5.89. The molecule has 27 heavy (non-hydrogen) atoms. The molecule has 3 rings (SSSR count). The average Bonchev–Trinajstić information content (AvgIpc) is 3.18. The van der Waals surface area contributed by atoms with E-state index in [-0.39, 0.29) is 29.8 Å². The van der Waals surface area contributed by atoms with Crippen molar-refractivity contribution in [3.8, 4) is 11.9 Å². The first-order valence-electron chi connectivity index (χ1n) is 8.72. The lowest BCUT2D eigenvalue weighted by molar-refractivity contribution is 0.0939. The maximum atomic E-state index is 13.0. The Morgan fingerprint density at radius 2 is 2.11 bits per heavy atom. The smallest absolute Gasteiger partial charge is 0.281 e. The van der Waals surface area contributed by atoms with Gasteiger partial charge in [-0.05, 0) is 43.5 Å². The molecule has 0 spiro atoms. The van der Waals surface area contributed by atoms with E-state index < -0.39 is 5.56 Å². The van der Waals surface area contributed by atoms with Crippen molar-refractivity contribution in [3.63, 3.8) is 0 Å². The van der Waals surface area contributed by atoms with Crippen molar-refractivity contribution in [3.05, 3.63) is 50.8 Å². The Hall–Kier alpha value is -2.69. The summed E-state index contributed by atoms with van der Waals surface area (Å²) in [7, 11) is 0. The van der Waals surface area contributed by atoms with Crippen molar-refractivity contribution in [2.45, 2.75) is 38.8 Å². The molecule has 0 aliphatic carbocycles. The highest BCUT2D eigenvalue weighted by Gasteiger charge is 2.24. The van der Waals surface area contributed by atoms with E-state index in [1.165, 1.54) is 0 Å². The topological polar surface area (TPSA) is 100.0 Å². The molecule has 2 aromatic rings. The molecular formula is C19H19ClN4O3. The molecule has 0 bridgehead atoms. The Labute approximate surface area is 161 Å². The minimum atomic E-state index is -0.489. The fourth-order valence-corrected chi connectivity index (χ4v) is 3.21. The van der Waals surface area contributed by atoms with Crippen LogP contribution in [0, 0.1) is 11.3 Å². The molecule has 1 N–H and O–H groups in total. The largest absolute Gasteiger partial charge is 0.493 e. The predicted molar refractivity (Wildman–Crippen MR) is 101 cm³/mol. The second-order valence-corrected chi connectivity index (χ2v) is 6.65. The van der Waals surface area contributed by atoms with Gasteiger partial charge in [0.05, 0.1) is 18.3 Å². The van der Waals surface area contributed by atoms with Crippen molar-refractivity contribution in [1.29, 1.82) is 5.26 Å². The fraction of sp³-hybridized carbons (Fsp3) is 0.368. The first-order valence-corrected chi connectivity index (χ1v) is 9.10. The Balaban J connectivity index is 2.08. The van der Waals surface area contributed by atoms with Gasteiger partial charge < -0.3 is 9.84 Å². The van der Waals surface area contributed by atoms with E-state index in [1.807, 2.05) is 6.07 Å². The van der Waals surface area contributed by atoms with E-state index in [9.17, 15) is 15.2 Å². The third-order valence-electron chi connectivity index (χ3n) is 4.48. The molecule has 0 amide bonds. The molecule has 0 radical (unpaired) electrons. The van der Waals surface area contributed by atoms with Crippen LogP contribution in [0.1, 0.15) is 30.9 Å². The molecule has 1 aromatic carbocycles. The summed E-state index contributed by atoms with van der Waals surface area (Å²) in [5.74, 6) is -0.347. The molecular weight excluding hydrogens is 368 g/mol. The number of nitrogens with zero attached hydrogens (tertiary/aromatic N) is 4. The summed E-state index contributed by atoms with van der Waals surface area (Å²) in [6.07, 6.45) is 1.89. The molecule has 0 saturated carbocycles. The van der Waals surface area contributed by atoms with Gasteiger partial charge in [0.15, 0.2) is 5.69 Å². The van der Waals surface area contributed by atoms with Gasteiger partial charge in [0.25, 0.3) is 5.56 Å². The van der Waals surface area contributed by atoms with Gasteiger partial charge in [-0.2, -0.15) is 10.4 Å². The van der Waals surface area contributed by atoms with Crippen molar-refractivity contribution in [2.24, 2.45) is 10.2 Å². The lowest BCUT2D eigenvalue weighted by Crippen LogP contribution is -2.27. The molecule has 2 heterocycles. The normalized spacial score (nSPS) is 16.7. The summed E-state index contributed by atoms with van der Waals surface area (Å²) in [4.78, 5) is 13.0. The minimum absolute atomic E-state index is 0.0418. The van der Waals surface area contributed by atoms with Gasteiger partial charge in [-0.1, -0.05) is 18.5 Å². The molecule has 1 atom stereocenters. The van der Waals surface area contributed by atoms with Gasteiger partial charge >= 0.3 is 0 Å². The number of hydrogen-bond donors (Lipinski definition) is 1. The van der Waals surface area contributed by atoms with Crippen molar-refractivity contribution < 1.29 is 9.84 Å². The second kappa shape index (κ2) is 8.33. The van der Waals surface area contributed by atoms with Crippen LogP contribution in [0.25, 0.3) is 0 Å². The molecule has 8 heteroatoms. The van der Waals surface area contributed by atoms with E-state index in [4.69, 9.17) is 16.3 Å². The molecule has 1 fully saturated rings. The summed E-state index contributed by atoms with van der Waals surface area (Å²) in [5, 5.41) is 28.8. The van der Waals surface area contributed by atoms with Gasteiger partial charge in [0.2, 0.25) is 5.88 Å². The lowest BCUT2D eigenvalue weighted by atomic mass is 10.1. The number of hydrogen-bond acceptors (Lipinski definition) is 6. The van der Waals surface area contributed by atoms with Crippen molar-refractivity contribution in [1.82, 2.24) is 4.57 Å². The van der Waals surface area contributed by atoms with Crippen LogP contribution in [-0.2, 0) is 17.7 Å². The number of ether oxygens (including phenoxy) is 1. The van der Waals surface area contributed by atoms with Crippen LogP contribution in [-0.4, -0.2) is 22.4 Å². The van der Waals surface area contributed by atoms with Gasteiger partial charge in [-0.25, -0.2) is 0 Å². The summed E-state index contributed by atoms with van der Waals surface area (Å²) in [5.41, 5.74) is 0.510. The second-order valence-electron chi connectivity index (χ2n) is 6.22. The highest BCUT2D eigenvalue weighted by Crippen LogP contribution is 2.29. The van der Waals surface area contributed by atoms with Crippen LogP contribution in [0.2, 0.25) is 5.02 Å². The monoisotopic (exact) mass is 386 g/mol. The van der Waals surface area contributed by atoms with Gasteiger partial charge in [-0.3, -0.25) is 9.36 Å². The lowest BCUT2D eigenvalue weighted by Gasteiger charge is -2.17. The molecule has 140 valence electrons. The van der Waals surface area contributed by atoms with E-state index in [0.29, 0.717) is 29.3 Å². The number of aromatic nitrogens is 1. The van der Waals surface area contributed by atoms with E-state index in [0.717, 1.165) is 17.4 Å². The Morgan fingerprint density at radius 3 is 2.70 bits per heavy atom. The molecule has 1 aliphatic heterocycles. The van der Waals surface area contributed by atoms with Crippen LogP contribution in [0.5, 0.6) is 5.88 Å². The van der Waals surface area contributed by atoms with Crippen molar-refractivity contribution >= 4 is 23.0 Å². The first-order chi connectivity index (χ1) is 13.0. The number of benzene rings is 1. The predicted octanol–water partition coefficient (Wildman–Crippen LogP) is 4.24. The molecule has 1 unspecified atom stereocenters. The van der Waals surface area contributed by atoms with E-state index in [1.54, 1.807) is 31.2 Å². The van der Waals surface area contributed by atoms with Gasteiger partial charge in [0, 0.05) is 17.2 Å².